The van der Waals surface area contributed by atoms with Gasteiger partial charge < -0.3 is 11.1 Å². The average molecular weight is 305 g/mol. The standard InChI is InChI=1S/C15H19N3O2S/c1-8(2)10-4-5-11-13(6-10)21-14(18-11)7-12(15(16)20)17-9(3)19/h4-6,8,12H,7H2,1-3H3,(H2,16,20)(H,17,19)/t12-/m0/s1. The summed E-state index contributed by atoms with van der Waals surface area (Å²) in [6.07, 6.45) is 0.325. The third-order valence-corrected chi connectivity index (χ3v) is 4.26. The number of nitrogens with zero attached hydrogens (tertiary/aromatic N) is 1. The van der Waals surface area contributed by atoms with E-state index in [0.717, 1.165) is 15.2 Å². The van der Waals surface area contributed by atoms with Crippen LogP contribution >= 0.6 is 11.3 Å². The molecule has 0 fully saturated rings. The van der Waals surface area contributed by atoms with Gasteiger partial charge in [0.25, 0.3) is 0 Å². The molecule has 1 aromatic heterocycles. The second kappa shape index (κ2) is 6.22. The van der Waals surface area contributed by atoms with E-state index in [4.69, 9.17) is 5.73 Å². The fourth-order valence-corrected chi connectivity index (χ4v) is 3.14. The molecule has 0 saturated heterocycles. The molecule has 1 heterocycles. The molecule has 0 spiro atoms. The Balaban J connectivity index is 2.25. The van der Waals surface area contributed by atoms with Crippen LogP contribution in [0.15, 0.2) is 18.2 Å². The molecular formula is C15H19N3O2S. The van der Waals surface area contributed by atoms with Gasteiger partial charge in [-0.2, -0.15) is 0 Å². The van der Waals surface area contributed by atoms with Gasteiger partial charge in [0, 0.05) is 13.3 Å². The molecule has 0 unspecified atom stereocenters. The topological polar surface area (TPSA) is 85.1 Å². The molecule has 0 aliphatic heterocycles. The average Bonchev–Trinajstić information content (AvgIpc) is 2.78. The number of carbonyl (C=O) groups excluding carboxylic acids is 2. The zero-order valence-electron chi connectivity index (χ0n) is 12.3. The lowest BCUT2D eigenvalue weighted by molar-refractivity contribution is -0.126. The van der Waals surface area contributed by atoms with Crippen molar-refractivity contribution in [3.63, 3.8) is 0 Å². The molecule has 1 aromatic carbocycles. The van der Waals surface area contributed by atoms with E-state index in [0.29, 0.717) is 12.3 Å². The van der Waals surface area contributed by atoms with Crippen molar-refractivity contribution < 1.29 is 9.59 Å². The first-order valence-corrected chi connectivity index (χ1v) is 7.64. The number of aromatic nitrogens is 1. The number of hydrogen-bond donors (Lipinski definition) is 2. The SMILES string of the molecule is CC(=O)N[C@@H](Cc1nc2ccc(C(C)C)cc2s1)C(N)=O. The summed E-state index contributed by atoms with van der Waals surface area (Å²) in [6, 6.07) is 5.46. The third kappa shape index (κ3) is 3.78. The number of benzene rings is 1. The highest BCUT2D eigenvalue weighted by atomic mass is 32.1. The summed E-state index contributed by atoms with van der Waals surface area (Å²) in [4.78, 5) is 27.0. The molecule has 0 radical (unpaired) electrons. The van der Waals surface area contributed by atoms with Crippen molar-refractivity contribution in [2.24, 2.45) is 5.73 Å². The van der Waals surface area contributed by atoms with Crippen LogP contribution in [0, 0.1) is 0 Å². The van der Waals surface area contributed by atoms with Gasteiger partial charge in [0.1, 0.15) is 6.04 Å². The monoisotopic (exact) mass is 305 g/mol. The zero-order valence-corrected chi connectivity index (χ0v) is 13.2. The third-order valence-electron chi connectivity index (χ3n) is 3.22. The highest BCUT2D eigenvalue weighted by molar-refractivity contribution is 7.18. The predicted molar refractivity (Wildman–Crippen MR) is 84.2 cm³/mol. The van der Waals surface area contributed by atoms with E-state index in [1.165, 1.54) is 23.8 Å². The van der Waals surface area contributed by atoms with Crippen molar-refractivity contribution in [1.29, 1.82) is 0 Å². The van der Waals surface area contributed by atoms with E-state index < -0.39 is 11.9 Å². The number of primary amides is 1. The first kappa shape index (κ1) is 15.4. The zero-order chi connectivity index (χ0) is 15.6. The van der Waals surface area contributed by atoms with Crippen LogP contribution in [0.3, 0.4) is 0 Å². The number of carbonyl (C=O) groups is 2. The lowest BCUT2D eigenvalue weighted by atomic mass is 10.0. The first-order chi connectivity index (χ1) is 9.86. The van der Waals surface area contributed by atoms with E-state index in [-0.39, 0.29) is 5.91 Å². The van der Waals surface area contributed by atoms with Crippen molar-refractivity contribution in [3.8, 4) is 0 Å². The molecule has 112 valence electrons. The van der Waals surface area contributed by atoms with Gasteiger partial charge in [-0.1, -0.05) is 19.9 Å². The largest absolute Gasteiger partial charge is 0.368 e. The lowest BCUT2D eigenvalue weighted by Gasteiger charge is -2.11. The minimum Gasteiger partial charge on any atom is -0.368 e. The van der Waals surface area contributed by atoms with Crippen molar-refractivity contribution in [3.05, 3.63) is 28.8 Å². The number of nitrogens with one attached hydrogen (secondary N) is 1. The van der Waals surface area contributed by atoms with Crippen LogP contribution in [0.2, 0.25) is 0 Å². The van der Waals surface area contributed by atoms with Gasteiger partial charge in [-0.25, -0.2) is 4.98 Å². The Bertz CT molecular complexity index is 679. The van der Waals surface area contributed by atoms with E-state index in [1.54, 1.807) is 0 Å². The van der Waals surface area contributed by atoms with Crippen molar-refractivity contribution in [2.45, 2.75) is 39.2 Å². The van der Waals surface area contributed by atoms with Crippen molar-refractivity contribution in [2.75, 3.05) is 0 Å². The molecule has 21 heavy (non-hydrogen) atoms. The summed E-state index contributed by atoms with van der Waals surface area (Å²) < 4.78 is 1.09. The van der Waals surface area contributed by atoms with Crippen LogP contribution in [-0.2, 0) is 16.0 Å². The smallest absolute Gasteiger partial charge is 0.240 e. The van der Waals surface area contributed by atoms with E-state index in [2.05, 4.69) is 36.3 Å². The van der Waals surface area contributed by atoms with Crippen LogP contribution in [-0.4, -0.2) is 22.8 Å². The van der Waals surface area contributed by atoms with Gasteiger partial charge in [0.15, 0.2) is 0 Å². The molecule has 0 aliphatic rings. The Hall–Kier alpha value is -1.95. The van der Waals surface area contributed by atoms with Gasteiger partial charge in [0.2, 0.25) is 11.8 Å². The number of hydrogen-bond acceptors (Lipinski definition) is 4. The fourth-order valence-electron chi connectivity index (χ4n) is 2.08. The Morgan fingerprint density at radius 3 is 2.67 bits per heavy atom. The molecule has 3 N–H and O–H groups in total. The molecule has 5 nitrogen and oxygen atoms in total. The Morgan fingerprint density at radius 1 is 1.38 bits per heavy atom. The number of nitrogens with two attached hydrogens (primary N) is 1. The first-order valence-electron chi connectivity index (χ1n) is 6.82. The minimum absolute atomic E-state index is 0.276. The molecule has 0 aliphatic carbocycles. The maximum Gasteiger partial charge on any atom is 0.240 e. The lowest BCUT2D eigenvalue weighted by Crippen LogP contribution is -2.44. The molecule has 0 bridgehead atoms. The molecule has 1 atom stereocenters. The summed E-state index contributed by atoms with van der Waals surface area (Å²) in [6.45, 7) is 5.65. The van der Waals surface area contributed by atoms with Crippen molar-refractivity contribution >= 4 is 33.4 Å². The Labute approximate surface area is 127 Å². The van der Waals surface area contributed by atoms with Crippen LogP contribution < -0.4 is 11.1 Å². The molecular weight excluding hydrogens is 286 g/mol. The van der Waals surface area contributed by atoms with Gasteiger partial charge in [-0.15, -0.1) is 11.3 Å². The summed E-state index contributed by atoms with van der Waals surface area (Å²) in [7, 11) is 0. The van der Waals surface area contributed by atoms with Gasteiger partial charge in [-0.3, -0.25) is 9.59 Å². The molecule has 2 amide bonds. The summed E-state index contributed by atoms with van der Waals surface area (Å²) in [5.41, 5.74) is 7.48. The maximum atomic E-state index is 11.4. The summed E-state index contributed by atoms with van der Waals surface area (Å²) in [5.74, 6) is -0.368. The second-order valence-corrected chi connectivity index (χ2v) is 6.46. The number of rotatable bonds is 5. The van der Waals surface area contributed by atoms with E-state index >= 15 is 0 Å². The fraction of sp³-hybridized carbons (Fsp3) is 0.400. The molecule has 0 saturated carbocycles. The molecule has 6 heteroatoms. The summed E-state index contributed by atoms with van der Waals surface area (Å²) in [5, 5.41) is 3.35. The van der Waals surface area contributed by atoms with Crippen LogP contribution in [0.25, 0.3) is 10.2 Å². The summed E-state index contributed by atoms with van der Waals surface area (Å²) >= 11 is 1.53. The van der Waals surface area contributed by atoms with E-state index in [1.807, 2.05) is 6.07 Å². The van der Waals surface area contributed by atoms with Crippen LogP contribution in [0.4, 0.5) is 0 Å². The van der Waals surface area contributed by atoms with Gasteiger partial charge >= 0.3 is 0 Å². The highest BCUT2D eigenvalue weighted by Gasteiger charge is 2.19. The maximum absolute atomic E-state index is 11.4. The van der Waals surface area contributed by atoms with Gasteiger partial charge in [0.05, 0.1) is 15.2 Å². The molecule has 2 aromatic rings. The number of fused-ring (bicyclic) bond motifs is 1. The Kier molecular flexibility index (Phi) is 4.57. The van der Waals surface area contributed by atoms with Gasteiger partial charge in [-0.05, 0) is 23.6 Å². The van der Waals surface area contributed by atoms with E-state index in [9.17, 15) is 9.59 Å². The van der Waals surface area contributed by atoms with Crippen LogP contribution in [0.5, 0.6) is 0 Å². The minimum atomic E-state index is -0.715. The molecule has 2 rings (SSSR count). The van der Waals surface area contributed by atoms with Crippen molar-refractivity contribution in [1.82, 2.24) is 10.3 Å². The predicted octanol–water partition coefficient (Wildman–Crippen LogP) is 1.95. The normalized spacial score (nSPS) is 12.6. The number of thiazole rings is 1. The Morgan fingerprint density at radius 2 is 2.10 bits per heavy atom. The number of amides is 2. The van der Waals surface area contributed by atoms with Crippen LogP contribution in [0.1, 0.15) is 37.3 Å². The quantitative estimate of drug-likeness (QED) is 0.885. The highest BCUT2D eigenvalue weighted by Crippen LogP contribution is 2.26. The second-order valence-electron chi connectivity index (χ2n) is 5.35.